The molecule has 0 aromatic carbocycles. The summed E-state index contributed by atoms with van der Waals surface area (Å²) in [6.45, 7) is 2.69. The number of nitrogens with one attached hydrogen (secondary N) is 1. The van der Waals surface area contributed by atoms with E-state index >= 15 is 0 Å². The number of hydrogen-bond acceptors (Lipinski definition) is 4. The first-order valence-electron chi connectivity index (χ1n) is 4.89. The zero-order valence-corrected chi connectivity index (χ0v) is 8.86. The van der Waals surface area contributed by atoms with Gasteiger partial charge >= 0.3 is 0 Å². The number of pyridine rings is 1. The van der Waals surface area contributed by atoms with E-state index in [1.54, 1.807) is 19.6 Å². The monoisotopic (exact) mass is 206 g/mol. The Labute approximate surface area is 88.3 Å². The maximum absolute atomic E-state index is 5.29. The number of aromatic nitrogens is 1. The third kappa shape index (κ3) is 2.10. The number of anilines is 1. The number of nitrogens with zero attached hydrogens (tertiary/aromatic N) is 1. The van der Waals surface area contributed by atoms with Crippen LogP contribution >= 0.6 is 0 Å². The lowest BCUT2D eigenvalue weighted by Crippen LogP contribution is -2.21. The van der Waals surface area contributed by atoms with Crippen LogP contribution in [0.4, 0.5) is 5.82 Å². The Morgan fingerprint density at radius 1 is 1.53 bits per heavy atom. The average molecular weight is 206 g/mol. The van der Waals surface area contributed by atoms with Crippen LogP contribution in [0.5, 0.6) is 0 Å². The van der Waals surface area contributed by atoms with Gasteiger partial charge in [-0.2, -0.15) is 0 Å². The van der Waals surface area contributed by atoms with Gasteiger partial charge in [0.15, 0.2) is 0 Å². The first-order chi connectivity index (χ1) is 7.31. The summed E-state index contributed by atoms with van der Waals surface area (Å²) < 4.78 is 10.3. The Morgan fingerprint density at radius 3 is 3.20 bits per heavy atom. The molecule has 0 bridgehead atoms. The van der Waals surface area contributed by atoms with Gasteiger partial charge in [-0.25, -0.2) is 4.98 Å². The molecule has 2 aromatic rings. The van der Waals surface area contributed by atoms with Crippen LogP contribution < -0.4 is 5.32 Å². The molecule has 0 radical (unpaired) electrons. The van der Waals surface area contributed by atoms with E-state index in [4.69, 9.17) is 9.15 Å². The molecule has 4 nitrogen and oxygen atoms in total. The van der Waals surface area contributed by atoms with E-state index in [-0.39, 0.29) is 6.04 Å². The summed E-state index contributed by atoms with van der Waals surface area (Å²) >= 11 is 0. The van der Waals surface area contributed by atoms with Gasteiger partial charge in [-0.3, -0.25) is 0 Å². The fraction of sp³-hybridized carbons (Fsp3) is 0.364. The van der Waals surface area contributed by atoms with E-state index in [0.717, 1.165) is 16.8 Å². The molecule has 1 N–H and O–H groups in total. The van der Waals surface area contributed by atoms with Crippen LogP contribution in [-0.2, 0) is 4.74 Å². The molecule has 4 heteroatoms. The molecule has 0 aliphatic carbocycles. The predicted octanol–water partition coefficient (Wildman–Crippen LogP) is 2.27. The van der Waals surface area contributed by atoms with Crippen LogP contribution in [0.2, 0.25) is 0 Å². The molecule has 0 saturated carbocycles. The number of furan rings is 1. The fourth-order valence-corrected chi connectivity index (χ4v) is 1.53. The second-order valence-electron chi connectivity index (χ2n) is 3.49. The van der Waals surface area contributed by atoms with Crippen LogP contribution in [0.25, 0.3) is 11.0 Å². The zero-order chi connectivity index (χ0) is 10.7. The van der Waals surface area contributed by atoms with Crippen LogP contribution in [0.3, 0.4) is 0 Å². The van der Waals surface area contributed by atoms with Crippen LogP contribution in [0.1, 0.15) is 6.92 Å². The van der Waals surface area contributed by atoms with Crippen molar-refractivity contribution in [2.45, 2.75) is 13.0 Å². The first-order valence-corrected chi connectivity index (χ1v) is 4.89. The van der Waals surface area contributed by atoms with Gasteiger partial charge in [0, 0.05) is 19.3 Å². The highest BCUT2D eigenvalue weighted by Gasteiger charge is 2.07. The van der Waals surface area contributed by atoms with Gasteiger partial charge in [0.25, 0.3) is 0 Å². The van der Waals surface area contributed by atoms with Gasteiger partial charge in [-0.15, -0.1) is 0 Å². The minimum atomic E-state index is 0.225. The third-order valence-corrected chi connectivity index (χ3v) is 2.18. The molecule has 0 amide bonds. The lowest BCUT2D eigenvalue weighted by molar-refractivity contribution is 0.190. The molecule has 2 heterocycles. The van der Waals surface area contributed by atoms with Crippen LogP contribution in [0, 0.1) is 0 Å². The summed E-state index contributed by atoms with van der Waals surface area (Å²) in [7, 11) is 1.68. The zero-order valence-electron chi connectivity index (χ0n) is 8.86. The average Bonchev–Trinajstić information content (AvgIpc) is 2.67. The minimum Gasteiger partial charge on any atom is -0.464 e. The highest BCUT2D eigenvalue weighted by atomic mass is 16.5. The normalized spacial score (nSPS) is 12.9. The van der Waals surface area contributed by atoms with Gasteiger partial charge in [0.05, 0.1) is 18.3 Å². The molecule has 0 saturated heterocycles. The maximum Gasteiger partial charge on any atom is 0.139 e. The van der Waals surface area contributed by atoms with Crippen molar-refractivity contribution in [2.75, 3.05) is 19.0 Å². The van der Waals surface area contributed by atoms with E-state index in [1.807, 2.05) is 19.1 Å². The van der Waals surface area contributed by atoms with E-state index in [9.17, 15) is 0 Å². The van der Waals surface area contributed by atoms with Crippen molar-refractivity contribution in [3.05, 3.63) is 24.6 Å². The van der Waals surface area contributed by atoms with Gasteiger partial charge in [-0.05, 0) is 19.1 Å². The lowest BCUT2D eigenvalue weighted by Gasteiger charge is -2.13. The summed E-state index contributed by atoms with van der Waals surface area (Å²) in [5.74, 6) is 0.839. The standard InChI is InChI=1S/C11H14N2O2/c1-8(7-14-2)13-11-9-4-6-15-10(9)3-5-12-11/h3-6,8H,7H2,1-2H3,(H,12,13). The molecule has 0 aliphatic heterocycles. The van der Waals surface area contributed by atoms with Gasteiger partial charge in [0.1, 0.15) is 11.4 Å². The Morgan fingerprint density at radius 2 is 2.40 bits per heavy atom. The Bertz CT molecular complexity index is 439. The molecular formula is C11H14N2O2. The molecular weight excluding hydrogens is 192 g/mol. The van der Waals surface area contributed by atoms with Crippen LogP contribution in [0.15, 0.2) is 29.0 Å². The molecule has 80 valence electrons. The van der Waals surface area contributed by atoms with E-state index < -0.39 is 0 Å². The van der Waals surface area contributed by atoms with E-state index in [1.165, 1.54) is 0 Å². The van der Waals surface area contributed by atoms with Crippen molar-refractivity contribution in [1.82, 2.24) is 4.98 Å². The van der Waals surface area contributed by atoms with E-state index in [0.29, 0.717) is 6.61 Å². The smallest absolute Gasteiger partial charge is 0.139 e. The van der Waals surface area contributed by atoms with Crippen molar-refractivity contribution < 1.29 is 9.15 Å². The lowest BCUT2D eigenvalue weighted by atomic mass is 10.3. The molecule has 1 unspecified atom stereocenters. The van der Waals surface area contributed by atoms with Gasteiger partial charge in [-0.1, -0.05) is 0 Å². The number of methoxy groups -OCH3 is 1. The number of fused-ring (bicyclic) bond motifs is 1. The van der Waals surface area contributed by atoms with Crippen molar-refractivity contribution >= 4 is 16.8 Å². The molecule has 0 spiro atoms. The molecule has 0 fully saturated rings. The minimum absolute atomic E-state index is 0.225. The highest BCUT2D eigenvalue weighted by molar-refractivity contribution is 5.87. The third-order valence-electron chi connectivity index (χ3n) is 2.18. The van der Waals surface area contributed by atoms with Crippen molar-refractivity contribution in [1.29, 1.82) is 0 Å². The summed E-state index contributed by atoms with van der Waals surface area (Å²) in [6, 6.07) is 3.98. The number of rotatable bonds is 4. The topological polar surface area (TPSA) is 47.3 Å². The second-order valence-corrected chi connectivity index (χ2v) is 3.49. The molecule has 2 rings (SSSR count). The first kappa shape index (κ1) is 9.98. The molecule has 0 aliphatic rings. The van der Waals surface area contributed by atoms with Gasteiger partial charge < -0.3 is 14.5 Å². The summed E-state index contributed by atoms with van der Waals surface area (Å²) in [5, 5.41) is 4.28. The molecule has 2 aromatic heterocycles. The molecule has 1 atom stereocenters. The van der Waals surface area contributed by atoms with Crippen molar-refractivity contribution in [3.63, 3.8) is 0 Å². The van der Waals surface area contributed by atoms with Crippen LogP contribution in [-0.4, -0.2) is 24.7 Å². The fourth-order valence-electron chi connectivity index (χ4n) is 1.53. The number of ether oxygens (including phenoxy) is 1. The quantitative estimate of drug-likeness (QED) is 0.833. The van der Waals surface area contributed by atoms with Crippen molar-refractivity contribution in [3.8, 4) is 0 Å². The largest absolute Gasteiger partial charge is 0.464 e. The van der Waals surface area contributed by atoms with Crippen molar-refractivity contribution in [2.24, 2.45) is 0 Å². The highest BCUT2D eigenvalue weighted by Crippen LogP contribution is 2.22. The summed E-state index contributed by atoms with van der Waals surface area (Å²) in [6.07, 6.45) is 3.40. The Balaban J connectivity index is 2.23. The Hall–Kier alpha value is -1.55. The predicted molar refractivity (Wildman–Crippen MR) is 59.0 cm³/mol. The summed E-state index contributed by atoms with van der Waals surface area (Å²) in [4.78, 5) is 4.27. The van der Waals surface area contributed by atoms with Gasteiger partial charge in [0.2, 0.25) is 0 Å². The van der Waals surface area contributed by atoms with E-state index in [2.05, 4.69) is 10.3 Å². The number of hydrogen-bond donors (Lipinski definition) is 1. The Kier molecular flexibility index (Phi) is 2.87. The SMILES string of the molecule is COCC(C)Nc1nccc2occc12. The molecule has 15 heavy (non-hydrogen) atoms. The summed E-state index contributed by atoms with van der Waals surface area (Å²) in [5.41, 5.74) is 0.845. The maximum atomic E-state index is 5.29. The second kappa shape index (κ2) is 4.31.